The predicted octanol–water partition coefficient (Wildman–Crippen LogP) is -0.763. The topological polar surface area (TPSA) is 87.2 Å². The van der Waals surface area contributed by atoms with E-state index in [0.29, 0.717) is 19.6 Å². The van der Waals surface area contributed by atoms with E-state index >= 15 is 0 Å². The number of carbonyl (C=O) groups excluding carboxylic acids is 2. The summed E-state index contributed by atoms with van der Waals surface area (Å²) in [5.74, 6) is -0.912. The number of hydrogen-bond acceptors (Lipinski definition) is 5. The molecule has 1 aliphatic heterocycles. The van der Waals surface area contributed by atoms with Gasteiger partial charge >= 0.3 is 11.8 Å². The van der Waals surface area contributed by atoms with Crippen molar-refractivity contribution in [3.8, 4) is 0 Å². The summed E-state index contributed by atoms with van der Waals surface area (Å²) >= 11 is 0. The second kappa shape index (κ2) is 6.06. The standard InChI is InChI=1S/C11H15N5O2/c17-10(15-9-8-13-3-4-14-9)11(18)16-6-1-2-12-5-7-16/h3-4,8,12H,1-2,5-7H2,(H,14,15,17). The Bertz CT molecular complexity index is 415. The molecule has 1 aliphatic rings. The van der Waals surface area contributed by atoms with E-state index in [4.69, 9.17) is 0 Å². The fraction of sp³-hybridized carbons (Fsp3) is 0.455. The molecule has 1 saturated heterocycles. The lowest BCUT2D eigenvalue weighted by atomic mass is 10.3. The molecule has 0 spiro atoms. The molecule has 1 aromatic heterocycles. The molecule has 2 N–H and O–H groups in total. The highest BCUT2D eigenvalue weighted by molar-refractivity contribution is 6.39. The summed E-state index contributed by atoms with van der Waals surface area (Å²) in [7, 11) is 0. The first-order valence-electron chi connectivity index (χ1n) is 5.84. The number of nitrogens with zero attached hydrogens (tertiary/aromatic N) is 3. The first kappa shape index (κ1) is 12.4. The Labute approximate surface area is 105 Å². The summed E-state index contributed by atoms with van der Waals surface area (Å²) in [6.45, 7) is 2.73. The Morgan fingerprint density at radius 1 is 1.28 bits per heavy atom. The maximum Gasteiger partial charge on any atom is 0.315 e. The van der Waals surface area contributed by atoms with Crippen LogP contribution in [0.5, 0.6) is 0 Å². The highest BCUT2D eigenvalue weighted by atomic mass is 16.2. The molecule has 0 radical (unpaired) electrons. The van der Waals surface area contributed by atoms with Gasteiger partial charge in [-0.15, -0.1) is 0 Å². The van der Waals surface area contributed by atoms with Crippen LogP contribution in [0, 0.1) is 0 Å². The Balaban J connectivity index is 1.93. The first-order valence-corrected chi connectivity index (χ1v) is 5.84. The first-order chi connectivity index (χ1) is 8.77. The van der Waals surface area contributed by atoms with Crippen LogP contribution in [-0.4, -0.2) is 52.9 Å². The summed E-state index contributed by atoms with van der Waals surface area (Å²) in [5, 5.41) is 5.61. The van der Waals surface area contributed by atoms with Gasteiger partial charge in [0.2, 0.25) is 0 Å². The molecule has 0 aliphatic carbocycles. The molecule has 0 saturated carbocycles. The summed E-state index contributed by atoms with van der Waals surface area (Å²) < 4.78 is 0. The van der Waals surface area contributed by atoms with Crippen molar-refractivity contribution in [3.05, 3.63) is 18.6 Å². The van der Waals surface area contributed by atoms with Crippen LogP contribution >= 0.6 is 0 Å². The van der Waals surface area contributed by atoms with E-state index in [1.54, 1.807) is 4.90 Å². The third kappa shape index (κ3) is 3.24. The molecule has 7 heteroatoms. The predicted molar refractivity (Wildman–Crippen MR) is 64.7 cm³/mol. The Kier molecular flexibility index (Phi) is 4.19. The third-order valence-electron chi connectivity index (χ3n) is 2.63. The molecule has 2 heterocycles. The van der Waals surface area contributed by atoms with Gasteiger partial charge in [-0.05, 0) is 13.0 Å². The quantitative estimate of drug-likeness (QED) is 0.639. The summed E-state index contributed by atoms with van der Waals surface area (Å²) in [5.41, 5.74) is 0. The van der Waals surface area contributed by atoms with Gasteiger partial charge in [0.1, 0.15) is 0 Å². The van der Waals surface area contributed by atoms with Gasteiger partial charge in [0, 0.05) is 32.0 Å². The number of carbonyl (C=O) groups is 2. The molecule has 96 valence electrons. The van der Waals surface area contributed by atoms with E-state index in [-0.39, 0.29) is 5.82 Å². The van der Waals surface area contributed by atoms with Gasteiger partial charge in [-0.1, -0.05) is 0 Å². The summed E-state index contributed by atoms with van der Waals surface area (Å²) in [6.07, 6.45) is 5.20. The highest BCUT2D eigenvalue weighted by Crippen LogP contribution is 2.01. The van der Waals surface area contributed by atoms with Gasteiger partial charge in [-0.3, -0.25) is 14.6 Å². The third-order valence-corrected chi connectivity index (χ3v) is 2.63. The van der Waals surface area contributed by atoms with Crippen LogP contribution < -0.4 is 10.6 Å². The molecule has 0 atom stereocenters. The maximum atomic E-state index is 11.9. The molecule has 0 unspecified atom stereocenters. The van der Waals surface area contributed by atoms with Crippen LogP contribution in [0.25, 0.3) is 0 Å². The summed E-state index contributed by atoms with van der Waals surface area (Å²) in [6, 6.07) is 0. The van der Waals surface area contributed by atoms with Crippen molar-refractivity contribution in [2.75, 3.05) is 31.5 Å². The van der Waals surface area contributed by atoms with E-state index in [2.05, 4.69) is 20.6 Å². The molecule has 1 aromatic rings. The van der Waals surface area contributed by atoms with E-state index in [0.717, 1.165) is 13.0 Å². The van der Waals surface area contributed by atoms with Crippen LogP contribution in [0.2, 0.25) is 0 Å². The van der Waals surface area contributed by atoms with Gasteiger partial charge in [0.15, 0.2) is 5.82 Å². The van der Waals surface area contributed by atoms with E-state index < -0.39 is 11.8 Å². The van der Waals surface area contributed by atoms with Crippen LogP contribution in [0.1, 0.15) is 6.42 Å². The van der Waals surface area contributed by atoms with Crippen molar-refractivity contribution in [1.82, 2.24) is 20.2 Å². The Morgan fingerprint density at radius 2 is 2.17 bits per heavy atom. The molecular formula is C11H15N5O2. The van der Waals surface area contributed by atoms with Crippen molar-refractivity contribution in [1.29, 1.82) is 0 Å². The minimum atomic E-state index is -0.669. The number of nitrogens with one attached hydrogen (secondary N) is 2. The molecule has 0 bridgehead atoms. The molecule has 2 amide bonds. The second-order valence-corrected chi connectivity index (χ2v) is 3.94. The van der Waals surface area contributed by atoms with E-state index in [9.17, 15) is 9.59 Å². The number of anilines is 1. The lowest BCUT2D eigenvalue weighted by molar-refractivity contribution is -0.143. The summed E-state index contributed by atoms with van der Waals surface area (Å²) in [4.78, 5) is 32.9. The van der Waals surface area contributed by atoms with E-state index in [1.165, 1.54) is 18.6 Å². The zero-order chi connectivity index (χ0) is 12.8. The van der Waals surface area contributed by atoms with Crippen molar-refractivity contribution >= 4 is 17.6 Å². The van der Waals surface area contributed by atoms with Crippen LogP contribution in [-0.2, 0) is 9.59 Å². The molecule has 7 nitrogen and oxygen atoms in total. The Hall–Kier alpha value is -2.02. The zero-order valence-electron chi connectivity index (χ0n) is 9.93. The molecular weight excluding hydrogens is 234 g/mol. The van der Waals surface area contributed by atoms with Gasteiger partial charge in [-0.25, -0.2) is 4.98 Å². The van der Waals surface area contributed by atoms with Crippen LogP contribution in [0.4, 0.5) is 5.82 Å². The molecule has 1 fully saturated rings. The average Bonchev–Trinajstić information content (AvgIpc) is 2.68. The normalized spacial score (nSPS) is 15.9. The number of aromatic nitrogens is 2. The van der Waals surface area contributed by atoms with Crippen LogP contribution in [0.15, 0.2) is 18.6 Å². The zero-order valence-corrected chi connectivity index (χ0v) is 9.93. The number of rotatable bonds is 1. The van der Waals surface area contributed by atoms with Gasteiger partial charge < -0.3 is 15.5 Å². The van der Waals surface area contributed by atoms with Crippen LogP contribution in [0.3, 0.4) is 0 Å². The average molecular weight is 249 g/mol. The minimum Gasteiger partial charge on any atom is -0.333 e. The molecule has 0 aromatic carbocycles. The highest BCUT2D eigenvalue weighted by Gasteiger charge is 2.22. The van der Waals surface area contributed by atoms with Gasteiger partial charge in [0.25, 0.3) is 0 Å². The van der Waals surface area contributed by atoms with Crippen molar-refractivity contribution in [3.63, 3.8) is 0 Å². The van der Waals surface area contributed by atoms with Gasteiger partial charge in [-0.2, -0.15) is 0 Å². The largest absolute Gasteiger partial charge is 0.333 e. The van der Waals surface area contributed by atoms with E-state index in [1.807, 2.05) is 0 Å². The monoisotopic (exact) mass is 249 g/mol. The SMILES string of the molecule is O=C(Nc1cnccn1)C(=O)N1CCCNCC1. The number of amides is 2. The lowest BCUT2D eigenvalue weighted by Crippen LogP contribution is -2.41. The smallest absolute Gasteiger partial charge is 0.315 e. The van der Waals surface area contributed by atoms with Crippen molar-refractivity contribution < 1.29 is 9.59 Å². The maximum absolute atomic E-state index is 11.9. The molecule has 2 rings (SSSR count). The Morgan fingerprint density at radius 3 is 2.94 bits per heavy atom. The molecule has 18 heavy (non-hydrogen) atoms. The second-order valence-electron chi connectivity index (χ2n) is 3.94. The fourth-order valence-electron chi connectivity index (χ4n) is 1.73. The fourth-order valence-corrected chi connectivity index (χ4v) is 1.73. The van der Waals surface area contributed by atoms with Gasteiger partial charge in [0.05, 0.1) is 6.20 Å². The lowest BCUT2D eigenvalue weighted by Gasteiger charge is -2.18. The number of hydrogen-bond donors (Lipinski definition) is 2. The van der Waals surface area contributed by atoms with Crippen molar-refractivity contribution in [2.45, 2.75) is 6.42 Å². The van der Waals surface area contributed by atoms with Crippen molar-refractivity contribution in [2.24, 2.45) is 0 Å². The minimum absolute atomic E-state index is 0.281.